The number of hydrogen-bond acceptors (Lipinski definition) is 11. The molecule has 3 heterocycles. The Morgan fingerprint density at radius 3 is 1.43 bits per heavy atom. The van der Waals surface area contributed by atoms with E-state index in [9.17, 15) is 0 Å². The molecule has 11 nitrogen and oxygen atoms in total. The number of benzene rings is 4. The Bertz CT molecular complexity index is 1740. The number of epoxide rings is 2. The summed E-state index contributed by atoms with van der Waals surface area (Å²) in [7, 11) is 0. The average Bonchev–Trinajstić information content (AvgIpc) is 4.07. The summed E-state index contributed by atoms with van der Waals surface area (Å²) in [5, 5.41) is 4.15. The van der Waals surface area contributed by atoms with Gasteiger partial charge in [-0.2, -0.15) is 0 Å². The monoisotopic (exact) mass is 697 g/mol. The lowest BCUT2D eigenvalue weighted by Gasteiger charge is -2.12. The van der Waals surface area contributed by atoms with Crippen LogP contribution in [-0.2, 0) is 28.4 Å². The van der Waals surface area contributed by atoms with Crippen LogP contribution in [0.4, 0.5) is 0 Å². The molecule has 2 unspecified atom stereocenters. The van der Waals surface area contributed by atoms with E-state index in [1.165, 1.54) is 0 Å². The first-order valence-corrected chi connectivity index (χ1v) is 17.3. The van der Waals surface area contributed by atoms with E-state index in [1.807, 2.05) is 85.8 Å². The third kappa shape index (κ3) is 11.3. The number of nitrogens with zero attached hydrogens (tertiary/aromatic N) is 1. The summed E-state index contributed by atoms with van der Waals surface area (Å²) < 4.78 is 56.5. The molecule has 4 aromatic carbocycles. The van der Waals surface area contributed by atoms with Gasteiger partial charge in [-0.05, 0) is 77.0 Å². The highest BCUT2D eigenvalue weighted by molar-refractivity contribution is 5.86. The van der Waals surface area contributed by atoms with Crippen LogP contribution in [0.5, 0.6) is 34.6 Å². The summed E-state index contributed by atoms with van der Waals surface area (Å²) >= 11 is 0. The van der Waals surface area contributed by atoms with Crippen LogP contribution in [0, 0.1) is 6.92 Å². The summed E-state index contributed by atoms with van der Waals surface area (Å²) in [5.74, 6) is 4.03. The minimum absolute atomic E-state index is 0.275. The van der Waals surface area contributed by atoms with Crippen LogP contribution in [0.3, 0.4) is 0 Å². The SMILES string of the molecule is Cc1cc(Oc2ccc3cc(OCCOCCOCC4CO4)ccc3c2)cc(Oc2ccc3cc(OCCOCCOCC4CO4)ccc3c2)n1. The largest absolute Gasteiger partial charge is 0.491 e. The topological polar surface area (TPSA) is 112 Å². The molecule has 2 atom stereocenters. The number of ether oxygens (including phenoxy) is 10. The van der Waals surface area contributed by atoms with Gasteiger partial charge in [0.25, 0.3) is 0 Å². The number of hydrogen-bond donors (Lipinski definition) is 0. The van der Waals surface area contributed by atoms with Crippen LogP contribution in [-0.4, -0.2) is 96.5 Å². The van der Waals surface area contributed by atoms with Crippen molar-refractivity contribution in [1.29, 1.82) is 0 Å². The second-order valence-corrected chi connectivity index (χ2v) is 12.3. The van der Waals surface area contributed by atoms with E-state index in [4.69, 9.17) is 47.4 Å². The first-order chi connectivity index (χ1) is 25.1. The van der Waals surface area contributed by atoms with Crippen molar-refractivity contribution in [2.24, 2.45) is 0 Å². The Morgan fingerprint density at radius 2 is 0.922 bits per heavy atom. The average molecular weight is 698 g/mol. The van der Waals surface area contributed by atoms with Crippen molar-refractivity contribution in [3.05, 3.63) is 90.6 Å². The van der Waals surface area contributed by atoms with Gasteiger partial charge in [0.05, 0.1) is 66.1 Å². The fourth-order valence-electron chi connectivity index (χ4n) is 5.32. The van der Waals surface area contributed by atoms with Gasteiger partial charge in [-0.15, -0.1) is 0 Å². The molecule has 0 bridgehead atoms. The van der Waals surface area contributed by atoms with Crippen molar-refractivity contribution in [1.82, 2.24) is 4.98 Å². The lowest BCUT2D eigenvalue weighted by molar-refractivity contribution is 0.0317. The highest BCUT2D eigenvalue weighted by atomic mass is 16.6. The normalized spacial score (nSPS) is 16.3. The maximum Gasteiger partial charge on any atom is 0.223 e. The molecule has 2 saturated heterocycles. The number of aromatic nitrogens is 1. The van der Waals surface area contributed by atoms with Crippen molar-refractivity contribution in [3.8, 4) is 34.6 Å². The van der Waals surface area contributed by atoms with Crippen molar-refractivity contribution in [2.45, 2.75) is 19.1 Å². The van der Waals surface area contributed by atoms with Gasteiger partial charge in [0.15, 0.2) is 0 Å². The van der Waals surface area contributed by atoms with Crippen LogP contribution in [0.2, 0.25) is 0 Å². The van der Waals surface area contributed by atoms with Gasteiger partial charge in [-0.25, -0.2) is 4.98 Å². The zero-order valence-corrected chi connectivity index (χ0v) is 28.8. The predicted molar refractivity (Wildman–Crippen MR) is 191 cm³/mol. The van der Waals surface area contributed by atoms with Crippen molar-refractivity contribution in [3.63, 3.8) is 0 Å². The van der Waals surface area contributed by atoms with Gasteiger partial charge in [-0.3, -0.25) is 0 Å². The van der Waals surface area contributed by atoms with Gasteiger partial charge in [0, 0.05) is 17.8 Å². The molecule has 7 rings (SSSR count). The number of rotatable bonds is 22. The first-order valence-electron chi connectivity index (χ1n) is 17.3. The highest BCUT2D eigenvalue weighted by Gasteiger charge is 2.22. The second-order valence-electron chi connectivity index (χ2n) is 12.3. The standard InChI is InChI=1S/C40H43NO10/c1-28-18-37(50-35-8-4-29-19-33(6-2-31(29)21-35)46-16-14-42-10-12-44-24-38-26-48-38)23-40(41-28)51-36-9-5-30-20-34(7-3-32(30)22-36)47-17-15-43-11-13-45-25-39-27-49-39/h2-9,18-23,38-39H,10-17,24-27H2,1H3. The van der Waals surface area contributed by atoms with Crippen LogP contribution in [0.15, 0.2) is 84.9 Å². The molecule has 5 aromatic rings. The van der Waals surface area contributed by atoms with E-state index < -0.39 is 0 Å². The third-order valence-corrected chi connectivity index (χ3v) is 8.08. The van der Waals surface area contributed by atoms with E-state index >= 15 is 0 Å². The maximum absolute atomic E-state index is 6.25. The van der Waals surface area contributed by atoms with E-state index in [2.05, 4.69) is 4.98 Å². The van der Waals surface area contributed by atoms with Crippen LogP contribution >= 0.6 is 0 Å². The lowest BCUT2D eigenvalue weighted by Crippen LogP contribution is -2.12. The minimum Gasteiger partial charge on any atom is -0.491 e. The van der Waals surface area contributed by atoms with Gasteiger partial charge >= 0.3 is 0 Å². The smallest absolute Gasteiger partial charge is 0.223 e. The minimum atomic E-state index is 0.275. The highest BCUT2D eigenvalue weighted by Crippen LogP contribution is 2.32. The van der Waals surface area contributed by atoms with Gasteiger partial charge in [0.2, 0.25) is 5.88 Å². The number of aryl methyl sites for hydroxylation is 1. The molecule has 1 aromatic heterocycles. The molecule has 2 aliphatic heterocycles. The third-order valence-electron chi connectivity index (χ3n) is 8.08. The molecule has 268 valence electrons. The molecule has 0 spiro atoms. The molecule has 2 fully saturated rings. The van der Waals surface area contributed by atoms with Crippen molar-refractivity contribution >= 4 is 21.5 Å². The summed E-state index contributed by atoms with van der Waals surface area (Å²) in [6, 6.07) is 27.5. The van der Waals surface area contributed by atoms with Gasteiger partial charge < -0.3 is 47.4 Å². The van der Waals surface area contributed by atoms with E-state index in [-0.39, 0.29) is 12.2 Å². The molecule has 51 heavy (non-hydrogen) atoms. The molecule has 0 saturated carbocycles. The molecule has 11 heteroatoms. The quantitative estimate of drug-likeness (QED) is 0.0556. The Hall–Kier alpha value is -4.49. The fourth-order valence-corrected chi connectivity index (χ4v) is 5.32. The van der Waals surface area contributed by atoms with E-state index in [0.717, 1.165) is 52.0 Å². The first kappa shape index (κ1) is 34.9. The number of pyridine rings is 1. The Morgan fingerprint density at radius 1 is 0.490 bits per heavy atom. The molecule has 0 amide bonds. The molecule has 0 radical (unpaired) electrons. The Balaban J connectivity index is 0.872. The summed E-state index contributed by atoms with van der Waals surface area (Å²) in [5.41, 5.74) is 0.779. The maximum atomic E-state index is 6.25. The van der Waals surface area contributed by atoms with E-state index in [0.29, 0.717) is 89.2 Å². The van der Waals surface area contributed by atoms with E-state index in [1.54, 1.807) is 6.07 Å². The van der Waals surface area contributed by atoms with Crippen molar-refractivity contribution < 1.29 is 47.4 Å². The number of fused-ring (bicyclic) bond motifs is 2. The van der Waals surface area contributed by atoms with Crippen LogP contribution in [0.25, 0.3) is 21.5 Å². The molecule has 2 aliphatic rings. The fraction of sp³-hybridized carbons (Fsp3) is 0.375. The Labute approximate surface area is 297 Å². The summed E-state index contributed by atoms with van der Waals surface area (Å²) in [6.07, 6.45) is 0.550. The lowest BCUT2D eigenvalue weighted by atomic mass is 10.1. The van der Waals surface area contributed by atoms with Crippen LogP contribution < -0.4 is 18.9 Å². The second kappa shape index (κ2) is 17.6. The summed E-state index contributed by atoms with van der Waals surface area (Å²) in [4.78, 5) is 4.58. The molecular formula is C40H43NO10. The van der Waals surface area contributed by atoms with Gasteiger partial charge in [-0.1, -0.05) is 24.3 Å². The predicted octanol–water partition coefficient (Wildman–Crippen LogP) is 6.90. The summed E-state index contributed by atoms with van der Waals surface area (Å²) in [6.45, 7) is 8.89. The molecule has 0 aliphatic carbocycles. The Kier molecular flexibility index (Phi) is 12.1. The molecular weight excluding hydrogens is 654 g/mol. The van der Waals surface area contributed by atoms with Crippen LogP contribution in [0.1, 0.15) is 5.69 Å². The molecule has 0 N–H and O–H groups in total. The zero-order chi connectivity index (χ0) is 34.7. The van der Waals surface area contributed by atoms with Crippen molar-refractivity contribution in [2.75, 3.05) is 79.3 Å². The zero-order valence-electron chi connectivity index (χ0n) is 28.8. The van der Waals surface area contributed by atoms with Gasteiger partial charge in [0.1, 0.15) is 54.2 Å².